The van der Waals surface area contributed by atoms with Gasteiger partial charge in [0.05, 0.1) is 0 Å². The molecular formula is C20H21Cl2N3O4. The predicted molar refractivity (Wildman–Crippen MR) is 111 cm³/mol. The fourth-order valence-corrected chi connectivity index (χ4v) is 3.67. The van der Waals surface area contributed by atoms with Gasteiger partial charge in [0, 0.05) is 42.4 Å². The fourth-order valence-electron chi connectivity index (χ4n) is 3.19. The Morgan fingerprint density at radius 1 is 1.24 bits per heavy atom. The van der Waals surface area contributed by atoms with Crippen LogP contribution in [0.4, 0.5) is 0 Å². The molecule has 7 nitrogen and oxygen atoms in total. The lowest BCUT2D eigenvalue weighted by Crippen LogP contribution is -2.43. The average Bonchev–Trinajstić information content (AvgIpc) is 2.69. The maximum atomic E-state index is 12.6. The summed E-state index contributed by atoms with van der Waals surface area (Å²) in [7, 11) is 0. The molecule has 0 radical (unpaired) electrons. The standard InChI is InChI=1S/C20H21Cl2N3O4/c1-2-3-6-24-7-8-25-11-14(17(26)18(27)16(25)20(24)29)19(28)23-10-12-4-5-13(21)9-15(12)22/h4-5,9,11,27H,2-3,6-8,10H2,1H3,(H,23,28). The molecule has 1 aliphatic heterocycles. The Hall–Kier alpha value is -2.51. The normalized spacial score (nSPS) is 13.3. The summed E-state index contributed by atoms with van der Waals surface area (Å²) in [6, 6.07) is 4.87. The molecule has 0 saturated heterocycles. The van der Waals surface area contributed by atoms with Gasteiger partial charge in [-0.25, -0.2) is 0 Å². The summed E-state index contributed by atoms with van der Waals surface area (Å²) < 4.78 is 1.46. The van der Waals surface area contributed by atoms with Crippen LogP contribution in [0.3, 0.4) is 0 Å². The number of halogens is 2. The second-order valence-corrected chi connectivity index (χ2v) is 7.67. The van der Waals surface area contributed by atoms with Crippen LogP contribution in [0.2, 0.25) is 10.0 Å². The van der Waals surface area contributed by atoms with Gasteiger partial charge in [-0.3, -0.25) is 14.4 Å². The number of unbranched alkanes of at least 4 members (excludes halogenated alkanes) is 1. The summed E-state index contributed by atoms with van der Waals surface area (Å²) in [5.74, 6) is -1.76. The zero-order valence-electron chi connectivity index (χ0n) is 15.9. The van der Waals surface area contributed by atoms with Crippen molar-refractivity contribution in [1.82, 2.24) is 14.8 Å². The zero-order valence-corrected chi connectivity index (χ0v) is 17.4. The number of rotatable bonds is 6. The van der Waals surface area contributed by atoms with Crippen molar-refractivity contribution in [3.8, 4) is 5.75 Å². The number of nitrogens with zero attached hydrogens (tertiary/aromatic N) is 2. The van der Waals surface area contributed by atoms with Crippen LogP contribution < -0.4 is 10.7 Å². The highest BCUT2D eigenvalue weighted by Crippen LogP contribution is 2.22. The third-order valence-corrected chi connectivity index (χ3v) is 5.42. The van der Waals surface area contributed by atoms with Crippen LogP contribution in [0.1, 0.15) is 46.2 Å². The maximum absolute atomic E-state index is 12.6. The Bertz CT molecular complexity index is 1020. The lowest BCUT2D eigenvalue weighted by atomic mass is 10.1. The van der Waals surface area contributed by atoms with Crippen molar-refractivity contribution in [2.75, 3.05) is 13.1 Å². The SMILES string of the molecule is CCCCN1CCn2cc(C(=O)NCc3ccc(Cl)cc3Cl)c(=O)c(O)c2C1=O. The third kappa shape index (κ3) is 4.41. The van der Waals surface area contributed by atoms with Crippen LogP contribution >= 0.6 is 23.2 Å². The Labute approximate surface area is 177 Å². The first kappa shape index (κ1) is 21.2. The van der Waals surface area contributed by atoms with Crippen LogP contribution in [0.25, 0.3) is 0 Å². The number of fused-ring (bicyclic) bond motifs is 1. The van der Waals surface area contributed by atoms with Gasteiger partial charge in [-0.1, -0.05) is 42.6 Å². The number of carbonyl (C=O) groups excluding carboxylic acids is 2. The van der Waals surface area contributed by atoms with Gasteiger partial charge in [0.25, 0.3) is 11.8 Å². The van der Waals surface area contributed by atoms with Gasteiger partial charge >= 0.3 is 0 Å². The topological polar surface area (TPSA) is 91.6 Å². The molecule has 1 aromatic heterocycles. The van der Waals surface area contributed by atoms with E-state index in [1.165, 1.54) is 10.8 Å². The number of hydrogen-bond donors (Lipinski definition) is 2. The molecular weight excluding hydrogens is 417 g/mol. The Morgan fingerprint density at radius 3 is 2.69 bits per heavy atom. The average molecular weight is 438 g/mol. The van der Waals surface area contributed by atoms with E-state index in [1.54, 1.807) is 23.1 Å². The minimum absolute atomic E-state index is 0.0744. The molecule has 0 atom stereocenters. The second-order valence-electron chi connectivity index (χ2n) is 6.83. The molecule has 1 aliphatic rings. The van der Waals surface area contributed by atoms with E-state index in [9.17, 15) is 19.5 Å². The van der Waals surface area contributed by atoms with Crippen molar-refractivity contribution in [3.63, 3.8) is 0 Å². The Balaban J connectivity index is 1.82. The molecule has 2 N–H and O–H groups in total. The molecule has 0 spiro atoms. The van der Waals surface area contributed by atoms with E-state index in [-0.39, 0.29) is 17.8 Å². The molecule has 0 aliphatic carbocycles. The molecule has 0 saturated carbocycles. The van der Waals surface area contributed by atoms with Crippen LogP contribution in [-0.4, -0.2) is 39.5 Å². The molecule has 0 fully saturated rings. The number of carbonyl (C=O) groups is 2. The van der Waals surface area contributed by atoms with Gasteiger partial charge in [-0.15, -0.1) is 0 Å². The first-order valence-electron chi connectivity index (χ1n) is 9.31. The summed E-state index contributed by atoms with van der Waals surface area (Å²) >= 11 is 11.9. The molecule has 2 amide bonds. The molecule has 29 heavy (non-hydrogen) atoms. The predicted octanol–water partition coefficient (Wildman–Crippen LogP) is 3.05. The number of aromatic nitrogens is 1. The smallest absolute Gasteiger partial charge is 0.274 e. The molecule has 3 rings (SSSR count). The van der Waals surface area contributed by atoms with Gasteiger partial charge < -0.3 is 19.9 Å². The van der Waals surface area contributed by atoms with Gasteiger partial charge in [0.1, 0.15) is 5.56 Å². The summed E-state index contributed by atoms with van der Waals surface area (Å²) in [6.45, 7) is 3.51. The molecule has 9 heteroatoms. The van der Waals surface area contributed by atoms with Crippen LogP contribution in [0, 0.1) is 0 Å². The summed E-state index contributed by atoms with van der Waals surface area (Å²) in [4.78, 5) is 39.3. The van der Waals surface area contributed by atoms with E-state index < -0.39 is 23.0 Å². The van der Waals surface area contributed by atoms with Crippen LogP contribution in [0.5, 0.6) is 5.75 Å². The van der Waals surface area contributed by atoms with Crippen molar-refractivity contribution >= 4 is 35.0 Å². The zero-order chi connectivity index (χ0) is 21.1. The van der Waals surface area contributed by atoms with Gasteiger partial charge in [-0.05, 0) is 24.1 Å². The van der Waals surface area contributed by atoms with Crippen molar-refractivity contribution in [2.24, 2.45) is 0 Å². The van der Waals surface area contributed by atoms with Crippen molar-refractivity contribution in [2.45, 2.75) is 32.9 Å². The van der Waals surface area contributed by atoms with Crippen LogP contribution in [-0.2, 0) is 13.1 Å². The van der Waals surface area contributed by atoms with Crippen molar-refractivity contribution in [1.29, 1.82) is 0 Å². The lowest BCUT2D eigenvalue weighted by molar-refractivity contribution is 0.0693. The van der Waals surface area contributed by atoms with Gasteiger partial charge in [-0.2, -0.15) is 0 Å². The minimum Gasteiger partial charge on any atom is -0.503 e. The molecule has 2 aromatic rings. The van der Waals surface area contributed by atoms with E-state index in [1.807, 2.05) is 6.92 Å². The number of hydrogen-bond acceptors (Lipinski definition) is 4. The fraction of sp³-hybridized carbons (Fsp3) is 0.350. The summed E-state index contributed by atoms with van der Waals surface area (Å²) in [5, 5.41) is 13.8. The quantitative estimate of drug-likeness (QED) is 0.726. The maximum Gasteiger partial charge on any atom is 0.274 e. The Kier molecular flexibility index (Phi) is 6.49. The first-order chi connectivity index (χ1) is 13.8. The van der Waals surface area contributed by atoms with E-state index in [4.69, 9.17) is 23.2 Å². The van der Waals surface area contributed by atoms with E-state index in [0.29, 0.717) is 35.2 Å². The number of benzene rings is 1. The third-order valence-electron chi connectivity index (χ3n) is 4.84. The monoisotopic (exact) mass is 437 g/mol. The number of nitrogens with one attached hydrogen (secondary N) is 1. The van der Waals surface area contributed by atoms with Gasteiger partial charge in [0.15, 0.2) is 11.4 Å². The van der Waals surface area contributed by atoms with Crippen LogP contribution in [0.15, 0.2) is 29.2 Å². The van der Waals surface area contributed by atoms with E-state index in [2.05, 4.69) is 5.32 Å². The lowest BCUT2D eigenvalue weighted by Gasteiger charge is -2.30. The second kappa shape index (κ2) is 8.88. The molecule has 0 unspecified atom stereocenters. The molecule has 0 bridgehead atoms. The highest BCUT2D eigenvalue weighted by molar-refractivity contribution is 6.35. The first-order valence-corrected chi connectivity index (χ1v) is 10.1. The summed E-state index contributed by atoms with van der Waals surface area (Å²) in [6.07, 6.45) is 3.09. The largest absolute Gasteiger partial charge is 0.503 e. The number of pyridine rings is 1. The number of aromatic hydroxyl groups is 1. The molecule has 1 aromatic carbocycles. The molecule has 154 valence electrons. The molecule has 2 heterocycles. The van der Waals surface area contributed by atoms with Crippen molar-refractivity contribution < 1.29 is 14.7 Å². The van der Waals surface area contributed by atoms with E-state index in [0.717, 1.165) is 12.8 Å². The number of amides is 2. The van der Waals surface area contributed by atoms with E-state index >= 15 is 0 Å². The Morgan fingerprint density at radius 2 is 2.00 bits per heavy atom. The van der Waals surface area contributed by atoms with Gasteiger partial charge in [0.2, 0.25) is 5.43 Å². The van der Waals surface area contributed by atoms with Crippen molar-refractivity contribution in [3.05, 3.63) is 61.5 Å². The summed E-state index contributed by atoms with van der Waals surface area (Å²) in [5.41, 5.74) is -0.545. The highest BCUT2D eigenvalue weighted by Gasteiger charge is 2.30. The minimum atomic E-state index is -0.873. The highest BCUT2D eigenvalue weighted by atomic mass is 35.5.